The highest BCUT2D eigenvalue weighted by atomic mass is 16.4. The molecule has 0 radical (unpaired) electrons. The first-order chi connectivity index (χ1) is 6.02. The number of carboxylic acid groups (broad SMARTS) is 1. The van der Waals surface area contributed by atoms with Crippen LogP contribution in [0.2, 0.25) is 0 Å². The molecule has 6 nitrogen and oxygen atoms in total. The fourth-order valence-electron chi connectivity index (χ4n) is 0.762. The van der Waals surface area contributed by atoms with E-state index in [-0.39, 0.29) is 11.5 Å². The number of hydrogen-bond acceptors (Lipinski definition) is 5. The number of aromatic carboxylic acids is 1. The predicted octanol–water partition coefficient (Wildman–Crippen LogP) is -0.177. The first kappa shape index (κ1) is 9.24. The number of nitrogen functional groups attached to an aromatic ring is 1. The Labute approximate surface area is 75.0 Å². The molecule has 6 heteroatoms. The molecule has 70 valence electrons. The van der Waals surface area contributed by atoms with Crippen LogP contribution in [0, 0.1) is 0 Å². The van der Waals surface area contributed by atoms with Crippen molar-refractivity contribution in [2.75, 3.05) is 24.7 Å². The van der Waals surface area contributed by atoms with Crippen LogP contribution in [0.1, 0.15) is 10.5 Å². The first-order valence-electron chi connectivity index (χ1n) is 3.55. The third-order valence-corrected chi connectivity index (χ3v) is 1.45. The molecule has 0 unspecified atom stereocenters. The first-order valence-corrected chi connectivity index (χ1v) is 3.55. The lowest BCUT2D eigenvalue weighted by Crippen LogP contribution is -2.15. The standard InChI is InChI=1S/C7H10N4O2/c1-11(2)4-3-9-6(8)5(10-4)7(12)13/h3H,1-2H3,(H2,8,9)(H,12,13). The maximum atomic E-state index is 10.6. The monoisotopic (exact) mass is 182 g/mol. The molecule has 0 aromatic carbocycles. The summed E-state index contributed by atoms with van der Waals surface area (Å²) in [5, 5.41) is 8.67. The summed E-state index contributed by atoms with van der Waals surface area (Å²) in [5.74, 6) is -0.779. The van der Waals surface area contributed by atoms with Gasteiger partial charge < -0.3 is 15.7 Å². The van der Waals surface area contributed by atoms with E-state index in [1.165, 1.54) is 6.20 Å². The van der Waals surface area contributed by atoms with Crippen LogP contribution in [0.5, 0.6) is 0 Å². The van der Waals surface area contributed by atoms with Gasteiger partial charge in [0, 0.05) is 14.1 Å². The van der Waals surface area contributed by atoms with E-state index in [9.17, 15) is 4.79 Å². The average molecular weight is 182 g/mol. The lowest BCUT2D eigenvalue weighted by Gasteiger charge is -2.11. The van der Waals surface area contributed by atoms with E-state index in [1.54, 1.807) is 19.0 Å². The number of anilines is 2. The molecule has 0 saturated heterocycles. The Balaban J connectivity index is 3.19. The van der Waals surface area contributed by atoms with Gasteiger partial charge in [-0.05, 0) is 0 Å². The summed E-state index contributed by atoms with van der Waals surface area (Å²) in [4.78, 5) is 19.8. The summed E-state index contributed by atoms with van der Waals surface area (Å²) in [6, 6.07) is 0. The van der Waals surface area contributed by atoms with Crippen LogP contribution in [-0.4, -0.2) is 35.1 Å². The minimum absolute atomic E-state index is 0.0712. The Morgan fingerprint density at radius 1 is 1.62 bits per heavy atom. The Kier molecular flexibility index (Phi) is 2.32. The van der Waals surface area contributed by atoms with Crippen molar-refractivity contribution in [3.63, 3.8) is 0 Å². The zero-order valence-electron chi connectivity index (χ0n) is 7.35. The molecule has 1 aromatic heterocycles. The highest BCUT2D eigenvalue weighted by Crippen LogP contribution is 2.11. The van der Waals surface area contributed by atoms with Crippen molar-refractivity contribution in [3.05, 3.63) is 11.9 Å². The largest absolute Gasteiger partial charge is 0.476 e. The lowest BCUT2D eigenvalue weighted by molar-refractivity contribution is 0.0691. The number of carbonyl (C=O) groups is 1. The van der Waals surface area contributed by atoms with E-state index in [1.807, 2.05) is 0 Å². The summed E-state index contributed by atoms with van der Waals surface area (Å²) in [6.45, 7) is 0. The molecule has 0 fully saturated rings. The van der Waals surface area contributed by atoms with Crippen molar-refractivity contribution in [2.45, 2.75) is 0 Å². The molecule has 1 heterocycles. The molecule has 0 spiro atoms. The maximum absolute atomic E-state index is 10.6. The normalized spacial score (nSPS) is 9.69. The fraction of sp³-hybridized carbons (Fsp3) is 0.286. The van der Waals surface area contributed by atoms with Crippen molar-refractivity contribution in [1.29, 1.82) is 0 Å². The second-order valence-electron chi connectivity index (χ2n) is 2.66. The Hall–Kier alpha value is -1.85. The van der Waals surface area contributed by atoms with Crippen molar-refractivity contribution < 1.29 is 9.90 Å². The molecule has 0 saturated carbocycles. The third kappa shape index (κ3) is 1.84. The van der Waals surface area contributed by atoms with Gasteiger partial charge in [-0.2, -0.15) is 0 Å². The highest BCUT2D eigenvalue weighted by molar-refractivity contribution is 5.90. The van der Waals surface area contributed by atoms with Gasteiger partial charge in [0.1, 0.15) is 5.82 Å². The van der Waals surface area contributed by atoms with Crippen LogP contribution >= 0.6 is 0 Å². The van der Waals surface area contributed by atoms with Crippen molar-refractivity contribution in [2.24, 2.45) is 0 Å². The lowest BCUT2D eigenvalue weighted by atomic mass is 10.4. The van der Waals surface area contributed by atoms with E-state index >= 15 is 0 Å². The molecule has 0 aliphatic carbocycles. The molecule has 0 bridgehead atoms. The molecule has 13 heavy (non-hydrogen) atoms. The predicted molar refractivity (Wildman–Crippen MR) is 47.7 cm³/mol. The molecule has 0 atom stereocenters. The molecule has 0 aliphatic rings. The van der Waals surface area contributed by atoms with Crippen molar-refractivity contribution in [1.82, 2.24) is 9.97 Å². The summed E-state index contributed by atoms with van der Waals surface area (Å²) in [5.41, 5.74) is 5.10. The quantitative estimate of drug-likeness (QED) is 0.659. The van der Waals surface area contributed by atoms with Gasteiger partial charge in [0.25, 0.3) is 0 Å². The van der Waals surface area contributed by atoms with Crippen molar-refractivity contribution >= 4 is 17.6 Å². The molecule has 3 N–H and O–H groups in total. The summed E-state index contributed by atoms with van der Waals surface area (Å²) in [6.07, 6.45) is 1.42. The van der Waals surface area contributed by atoms with Crippen molar-refractivity contribution in [3.8, 4) is 0 Å². The van der Waals surface area contributed by atoms with E-state index in [4.69, 9.17) is 10.8 Å². The molecule has 0 aliphatic heterocycles. The van der Waals surface area contributed by atoms with Gasteiger partial charge in [0.2, 0.25) is 0 Å². The van der Waals surface area contributed by atoms with E-state index < -0.39 is 5.97 Å². The second kappa shape index (κ2) is 3.26. The smallest absolute Gasteiger partial charge is 0.358 e. The van der Waals surface area contributed by atoms with Crippen LogP contribution < -0.4 is 10.6 Å². The molecular formula is C7H10N4O2. The maximum Gasteiger partial charge on any atom is 0.358 e. The Morgan fingerprint density at radius 3 is 2.69 bits per heavy atom. The number of nitrogens with zero attached hydrogens (tertiary/aromatic N) is 3. The number of rotatable bonds is 2. The molecule has 1 aromatic rings. The molecular weight excluding hydrogens is 172 g/mol. The minimum atomic E-state index is -1.17. The van der Waals surface area contributed by atoms with E-state index in [2.05, 4.69) is 9.97 Å². The summed E-state index contributed by atoms with van der Waals surface area (Å²) >= 11 is 0. The number of hydrogen-bond donors (Lipinski definition) is 2. The SMILES string of the molecule is CN(C)c1cnc(N)c(C(=O)O)n1. The van der Waals surface area contributed by atoms with Crippen LogP contribution in [0.4, 0.5) is 11.6 Å². The topological polar surface area (TPSA) is 92.3 Å². The van der Waals surface area contributed by atoms with Gasteiger partial charge in [-0.3, -0.25) is 0 Å². The van der Waals surface area contributed by atoms with Crippen LogP contribution in [0.3, 0.4) is 0 Å². The third-order valence-electron chi connectivity index (χ3n) is 1.45. The zero-order chi connectivity index (χ0) is 10.0. The van der Waals surface area contributed by atoms with E-state index in [0.29, 0.717) is 5.82 Å². The van der Waals surface area contributed by atoms with Gasteiger partial charge in [0.15, 0.2) is 11.5 Å². The number of aromatic nitrogens is 2. The number of nitrogens with two attached hydrogens (primary N) is 1. The van der Waals surface area contributed by atoms with Gasteiger partial charge >= 0.3 is 5.97 Å². The second-order valence-corrected chi connectivity index (χ2v) is 2.66. The van der Waals surface area contributed by atoms with Gasteiger partial charge in [0.05, 0.1) is 6.20 Å². The van der Waals surface area contributed by atoms with Crippen LogP contribution in [0.15, 0.2) is 6.20 Å². The van der Waals surface area contributed by atoms with Crippen LogP contribution in [0.25, 0.3) is 0 Å². The number of carboxylic acids is 1. The zero-order valence-corrected chi connectivity index (χ0v) is 7.35. The Morgan fingerprint density at radius 2 is 2.23 bits per heavy atom. The average Bonchev–Trinajstić information content (AvgIpc) is 2.04. The van der Waals surface area contributed by atoms with E-state index in [0.717, 1.165) is 0 Å². The van der Waals surface area contributed by atoms with Crippen LogP contribution in [-0.2, 0) is 0 Å². The van der Waals surface area contributed by atoms with Gasteiger partial charge in [-0.25, -0.2) is 14.8 Å². The highest BCUT2D eigenvalue weighted by Gasteiger charge is 2.12. The molecule has 1 rings (SSSR count). The van der Waals surface area contributed by atoms with Gasteiger partial charge in [-0.1, -0.05) is 0 Å². The summed E-state index contributed by atoms with van der Waals surface area (Å²) < 4.78 is 0. The summed E-state index contributed by atoms with van der Waals surface area (Å²) in [7, 11) is 3.48. The Bertz CT molecular complexity index is 337. The molecule has 0 amide bonds. The minimum Gasteiger partial charge on any atom is -0.476 e. The fourth-order valence-corrected chi connectivity index (χ4v) is 0.762. The van der Waals surface area contributed by atoms with Gasteiger partial charge in [-0.15, -0.1) is 0 Å².